The highest BCUT2D eigenvalue weighted by atomic mass is 32.1. The van der Waals surface area contributed by atoms with Crippen LogP contribution in [0, 0.1) is 17.5 Å². The van der Waals surface area contributed by atoms with E-state index >= 15 is 0 Å². The first-order valence-corrected chi connectivity index (χ1v) is 12.3. The predicted octanol–water partition coefficient (Wildman–Crippen LogP) is 5.75. The van der Waals surface area contributed by atoms with Gasteiger partial charge >= 0.3 is 5.97 Å². The Morgan fingerprint density at radius 1 is 0.636 bits per heavy atom. The zero-order chi connectivity index (χ0) is 24.2. The Bertz CT molecular complexity index is 626. The van der Waals surface area contributed by atoms with Gasteiger partial charge in [-0.05, 0) is 30.7 Å². The minimum atomic E-state index is -1.63. The highest BCUT2D eigenvalue weighted by Crippen LogP contribution is 2.14. The number of halogens is 3. The van der Waals surface area contributed by atoms with Gasteiger partial charge in [-0.3, -0.25) is 0 Å². The predicted molar refractivity (Wildman–Crippen MR) is 124 cm³/mol. The van der Waals surface area contributed by atoms with Gasteiger partial charge < -0.3 is 18.9 Å². The zero-order valence-corrected chi connectivity index (χ0v) is 20.2. The van der Waals surface area contributed by atoms with Gasteiger partial charge in [0.05, 0.1) is 38.6 Å². The SMILES string of the molecule is O=C(OCCOCCOCCOCCCCCCCCCCCS)c1cc(F)c(F)c(F)c1. The third-order valence-electron chi connectivity index (χ3n) is 4.87. The zero-order valence-electron chi connectivity index (χ0n) is 19.3. The molecular formula is C24H37F3O5S. The number of carbonyl (C=O) groups is 1. The van der Waals surface area contributed by atoms with Gasteiger partial charge in [0.25, 0.3) is 0 Å². The topological polar surface area (TPSA) is 54.0 Å². The molecule has 0 saturated heterocycles. The molecule has 5 nitrogen and oxygen atoms in total. The molecule has 0 aromatic heterocycles. The van der Waals surface area contributed by atoms with Crippen LogP contribution in [0.2, 0.25) is 0 Å². The molecule has 1 rings (SSSR count). The van der Waals surface area contributed by atoms with Crippen molar-refractivity contribution in [2.75, 3.05) is 52.0 Å². The van der Waals surface area contributed by atoms with Crippen molar-refractivity contribution in [3.63, 3.8) is 0 Å². The van der Waals surface area contributed by atoms with Crippen molar-refractivity contribution in [3.8, 4) is 0 Å². The molecule has 0 unspecified atom stereocenters. The van der Waals surface area contributed by atoms with E-state index in [0.717, 1.165) is 18.8 Å². The Morgan fingerprint density at radius 3 is 1.58 bits per heavy atom. The molecule has 0 N–H and O–H groups in total. The second-order valence-corrected chi connectivity index (χ2v) is 8.08. The second kappa shape index (κ2) is 20.1. The minimum Gasteiger partial charge on any atom is -0.460 e. The lowest BCUT2D eigenvalue weighted by molar-refractivity contribution is 0.000157. The standard InChI is InChI=1S/C24H37F3O5S/c25-21-18-20(19-22(26)23(21)27)24(28)32-16-15-31-14-13-30-12-11-29-10-8-6-4-2-1-3-5-7-9-17-33/h18-19,33H,1-17H2. The molecule has 0 aliphatic rings. The quantitative estimate of drug-likeness (QED) is 0.102. The maximum Gasteiger partial charge on any atom is 0.338 e. The normalized spacial score (nSPS) is 11.2. The third-order valence-corrected chi connectivity index (χ3v) is 5.19. The molecule has 0 saturated carbocycles. The van der Waals surface area contributed by atoms with Crippen LogP contribution < -0.4 is 0 Å². The Balaban J connectivity index is 1.82. The van der Waals surface area contributed by atoms with Gasteiger partial charge in [0.2, 0.25) is 0 Å². The van der Waals surface area contributed by atoms with Crippen molar-refractivity contribution >= 4 is 18.6 Å². The summed E-state index contributed by atoms with van der Waals surface area (Å²) in [6.07, 6.45) is 11.3. The van der Waals surface area contributed by atoms with Crippen LogP contribution in [-0.2, 0) is 18.9 Å². The van der Waals surface area contributed by atoms with E-state index in [1.165, 1.54) is 51.4 Å². The van der Waals surface area contributed by atoms with Gasteiger partial charge in [0, 0.05) is 6.61 Å². The number of esters is 1. The first kappa shape index (κ1) is 29.7. The van der Waals surface area contributed by atoms with Gasteiger partial charge in [-0.25, -0.2) is 18.0 Å². The lowest BCUT2D eigenvalue weighted by atomic mass is 10.1. The summed E-state index contributed by atoms with van der Waals surface area (Å²) >= 11 is 4.22. The van der Waals surface area contributed by atoms with Crippen molar-refractivity contribution in [1.82, 2.24) is 0 Å². The van der Waals surface area contributed by atoms with Gasteiger partial charge in [0.15, 0.2) is 17.5 Å². The molecule has 190 valence electrons. The summed E-state index contributed by atoms with van der Waals surface area (Å²) in [7, 11) is 0. The van der Waals surface area contributed by atoms with E-state index in [2.05, 4.69) is 12.6 Å². The van der Waals surface area contributed by atoms with E-state index in [9.17, 15) is 18.0 Å². The number of hydrogen-bond acceptors (Lipinski definition) is 6. The Morgan fingerprint density at radius 2 is 1.06 bits per heavy atom. The van der Waals surface area contributed by atoms with E-state index in [4.69, 9.17) is 18.9 Å². The lowest BCUT2D eigenvalue weighted by Crippen LogP contribution is -2.14. The lowest BCUT2D eigenvalue weighted by Gasteiger charge is -2.08. The minimum absolute atomic E-state index is 0.0986. The van der Waals surface area contributed by atoms with Crippen LogP contribution in [-0.4, -0.2) is 58.0 Å². The fraction of sp³-hybridized carbons (Fsp3) is 0.708. The Kier molecular flexibility index (Phi) is 18.1. The maximum absolute atomic E-state index is 13.1. The van der Waals surface area contributed by atoms with Crippen LogP contribution in [0.5, 0.6) is 0 Å². The van der Waals surface area contributed by atoms with Gasteiger partial charge in [-0.15, -0.1) is 0 Å². The molecule has 0 bridgehead atoms. The monoisotopic (exact) mass is 494 g/mol. The highest BCUT2D eigenvalue weighted by molar-refractivity contribution is 7.80. The van der Waals surface area contributed by atoms with Crippen LogP contribution in [0.4, 0.5) is 13.2 Å². The fourth-order valence-corrected chi connectivity index (χ4v) is 3.27. The summed E-state index contributed by atoms with van der Waals surface area (Å²) in [5.74, 6) is -4.47. The van der Waals surface area contributed by atoms with Crippen LogP contribution in [0.1, 0.15) is 68.1 Å². The first-order valence-electron chi connectivity index (χ1n) is 11.7. The van der Waals surface area contributed by atoms with Crippen LogP contribution >= 0.6 is 12.6 Å². The van der Waals surface area contributed by atoms with E-state index in [0.29, 0.717) is 38.6 Å². The van der Waals surface area contributed by atoms with Crippen LogP contribution in [0.3, 0.4) is 0 Å². The van der Waals surface area contributed by atoms with E-state index in [1.54, 1.807) is 0 Å². The largest absolute Gasteiger partial charge is 0.460 e. The number of rotatable bonds is 21. The number of unbranched alkanes of at least 4 members (excludes halogenated alkanes) is 8. The van der Waals surface area contributed by atoms with Crippen LogP contribution in [0.15, 0.2) is 12.1 Å². The number of carbonyl (C=O) groups excluding carboxylic acids is 1. The molecule has 0 aliphatic carbocycles. The molecule has 0 fully saturated rings. The summed E-state index contributed by atoms with van der Waals surface area (Å²) in [6.45, 7) is 2.45. The third kappa shape index (κ3) is 15.3. The van der Waals surface area contributed by atoms with Gasteiger partial charge in [-0.1, -0.05) is 44.9 Å². The molecule has 9 heteroatoms. The molecule has 0 atom stereocenters. The van der Waals surface area contributed by atoms with Gasteiger partial charge in [0.1, 0.15) is 6.61 Å². The van der Waals surface area contributed by atoms with E-state index < -0.39 is 29.0 Å². The summed E-state index contributed by atoms with van der Waals surface area (Å²) in [6, 6.07) is 1.18. The molecule has 0 spiro atoms. The Hall–Kier alpha value is -1.29. The molecule has 1 aromatic rings. The van der Waals surface area contributed by atoms with Gasteiger partial charge in [-0.2, -0.15) is 12.6 Å². The van der Waals surface area contributed by atoms with Crippen molar-refractivity contribution in [2.24, 2.45) is 0 Å². The van der Waals surface area contributed by atoms with Crippen molar-refractivity contribution in [3.05, 3.63) is 35.1 Å². The molecule has 33 heavy (non-hydrogen) atoms. The summed E-state index contributed by atoms with van der Waals surface area (Å²) in [4.78, 5) is 11.7. The second-order valence-electron chi connectivity index (χ2n) is 7.63. The molecule has 0 aliphatic heterocycles. The van der Waals surface area contributed by atoms with Crippen molar-refractivity contribution < 1.29 is 36.9 Å². The number of thiol groups is 1. The average Bonchev–Trinajstić information content (AvgIpc) is 2.80. The summed E-state index contributed by atoms with van der Waals surface area (Å²) < 4.78 is 60.1. The summed E-state index contributed by atoms with van der Waals surface area (Å²) in [5.41, 5.74) is -0.398. The molecule has 0 amide bonds. The Labute approximate surface area is 200 Å². The van der Waals surface area contributed by atoms with Crippen LogP contribution in [0.25, 0.3) is 0 Å². The average molecular weight is 495 g/mol. The van der Waals surface area contributed by atoms with E-state index in [-0.39, 0.29) is 13.2 Å². The van der Waals surface area contributed by atoms with Crippen molar-refractivity contribution in [1.29, 1.82) is 0 Å². The highest BCUT2D eigenvalue weighted by Gasteiger charge is 2.15. The maximum atomic E-state index is 13.1. The smallest absolute Gasteiger partial charge is 0.338 e. The first-order chi connectivity index (χ1) is 16.1. The number of benzene rings is 1. The molecule has 1 aromatic carbocycles. The number of ether oxygens (including phenoxy) is 4. The van der Waals surface area contributed by atoms with E-state index in [1.807, 2.05) is 0 Å². The van der Waals surface area contributed by atoms with Crippen molar-refractivity contribution in [2.45, 2.75) is 57.8 Å². The summed E-state index contributed by atoms with van der Waals surface area (Å²) in [5, 5.41) is 0. The molecule has 0 radical (unpaired) electrons. The molecular weight excluding hydrogens is 457 g/mol. The molecule has 0 heterocycles. The fourth-order valence-electron chi connectivity index (χ4n) is 3.05. The number of hydrogen-bond donors (Lipinski definition) is 1.